The molecule has 0 aromatic heterocycles. The van der Waals surface area contributed by atoms with Crippen molar-refractivity contribution < 1.29 is 87.9 Å². The quantitative estimate of drug-likeness (QED) is 0.190. The van der Waals surface area contributed by atoms with E-state index in [-0.39, 0.29) is 25.2 Å². The highest BCUT2D eigenvalue weighted by Crippen LogP contribution is 2.71. The molecule has 10 nitrogen and oxygen atoms in total. The van der Waals surface area contributed by atoms with E-state index in [1.807, 2.05) is 0 Å². The maximum absolute atomic E-state index is 13.0. The van der Waals surface area contributed by atoms with Gasteiger partial charge in [-0.2, -0.15) is 39.5 Å². The van der Waals surface area contributed by atoms with Crippen LogP contribution in [-0.4, -0.2) is 88.2 Å². The first-order valence-electron chi connectivity index (χ1n) is 14.3. The molecule has 3 unspecified atom stereocenters. The Morgan fingerprint density at radius 2 is 0.957 bits per heavy atom. The van der Waals surface area contributed by atoms with E-state index in [0.717, 1.165) is 6.42 Å². The molecule has 4 fully saturated rings. The van der Waals surface area contributed by atoms with Gasteiger partial charge in [-0.15, -0.1) is 0 Å². The standard InChI is InChI=1S/C28H35F9O10/c1-20(2,46-16(38)11-44-18(40)22(5,42)26(29,30)31)23-7-14-6-15(8-23)10-24(9-14,13-23)21(3,4)47-17(39)12-45-19(41)25(43,27(32,33)34)28(35,36)37/h14-15,42-43H,6-13H2,1-5H3. The van der Waals surface area contributed by atoms with Crippen LogP contribution in [0.3, 0.4) is 0 Å². The molecule has 4 aliphatic rings. The number of rotatable bonds is 10. The Bertz CT molecular complexity index is 1240. The van der Waals surface area contributed by atoms with Gasteiger partial charge in [0.05, 0.1) is 0 Å². The third kappa shape index (κ3) is 6.74. The van der Waals surface area contributed by atoms with E-state index in [2.05, 4.69) is 9.47 Å². The van der Waals surface area contributed by atoms with Crippen LogP contribution in [0.2, 0.25) is 0 Å². The van der Waals surface area contributed by atoms with Gasteiger partial charge >= 0.3 is 48.0 Å². The summed E-state index contributed by atoms with van der Waals surface area (Å²) < 4.78 is 136. The molecule has 0 spiro atoms. The molecule has 3 atom stereocenters. The first kappa shape index (κ1) is 38.6. The van der Waals surface area contributed by atoms with Gasteiger partial charge in [-0.25, -0.2) is 19.2 Å². The first-order valence-corrected chi connectivity index (χ1v) is 14.3. The number of carbonyl (C=O) groups is 4. The van der Waals surface area contributed by atoms with Crippen LogP contribution in [-0.2, 0) is 38.1 Å². The monoisotopic (exact) mass is 702 g/mol. The summed E-state index contributed by atoms with van der Waals surface area (Å²) in [6.45, 7) is 3.22. The van der Waals surface area contributed by atoms with E-state index in [4.69, 9.17) is 14.6 Å². The molecule has 0 aromatic carbocycles. The minimum absolute atomic E-state index is 0.0154. The number of esters is 4. The molecule has 0 amide bonds. The summed E-state index contributed by atoms with van der Waals surface area (Å²) in [4.78, 5) is 48.8. The van der Waals surface area contributed by atoms with E-state index in [1.165, 1.54) is 13.8 Å². The molecule has 0 aliphatic heterocycles. The zero-order valence-electron chi connectivity index (χ0n) is 25.9. The second-order valence-electron chi connectivity index (χ2n) is 13.9. The van der Waals surface area contributed by atoms with E-state index in [9.17, 15) is 63.8 Å². The SMILES string of the molecule is CC(C)(OC(=O)COC(=O)C(C)(O)C(F)(F)F)C12CC3CC(C1)CC(C(C)(C)OC(=O)COC(=O)C(O)(C(F)(F)F)C(F)(F)F)(C3)C2. The fourth-order valence-electron chi connectivity index (χ4n) is 7.52. The van der Waals surface area contributed by atoms with Crippen LogP contribution in [0.4, 0.5) is 39.5 Å². The van der Waals surface area contributed by atoms with Crippen LogP contribution in [0, 0.1) is 22.7 Å². The van der Waals surface area contributed by atoms with Crippen molar-refractivity contribution in [2.45, 2.75) is 114 Å². The lowest BCUT2D eigenvalue weighted by Gasteiger charge is -2.68. The molecule has 2 N–H and O–H groups in total. The van der Waals surface area contributed by atoms with Crippen LogP contribution in [0.5, 0.6) is 0 Å². The third-order valence-electron chi connectivity index (χ3n) is 10.1. The maximum atomic E-state index is 13.0. The molecule has 0 saturated heterocycles. The lowest BCUT2D eigenvalue weighted by Crippen LogP contribution is -2.66. The second-order valence-corrected chi connectivity index (χ2v) is 13.9. The lowest BCUT2D eigenvalue weighted by molar-refractivity contribution is -0.357. The van der Waals surface area contributed by atoms with Crippen molar-refractivity contribution in [1.82, 2.24) is 0 Å². The van der Waals surface area contributed by atoms with Gasteiger partial charge < -0.3 is 29.2 Å². The average Bonchev–Trinajstić information content (AvgIpc) is 2.86. The number of aliphatic hydroxyl groups is 2. The molecule has 4 rings (SSSR count). The minimum atomic E-state index is -6.51. The summed E-state index contributed by atoms with van der Waals surface area (Å²) in [6, 6.07) is 0. The third-order valence-corrected chi connectivity index (χ3v) is 10.1. The summed E-state index contributed by atoms with van der Waals surface area (Å²) in [7, 11) is 0. The van der Waals surface area contributed by atoms with Crippen LogP contribution in [0.1, 0.15) is 73.1 Å². The molecule has 19 heteroatoms. The van der Waals surface area contributed by atoms with Crippen molar-refractivity contribution >= 4 is 23.9 Å². The number of hydrogen-bond donors (Lipinski definition) is 2. The first-order chi connectivity index (χ1) is 20.9. The fourth-order valence-corrected chi connectivity index (χ4v) is 7.52. The van der Waals surface area contributed by atoms with E-state index in [0.29, 0.717) is 25.7 Å². The highest BCUT2D eigenvalue weighted by atomic mass is 19.4. The summed E-state index contributed by atoms with van der Waals surface area (Å²) in [5.74, 6) is -8.03. The van der Waals surface area contributed by atoms with Crippen molar-refractivity contribution in [1.29, 1.82) is 0 Å². The second kappa shape index (κ2) is 11.7. The molecule has 4 saturated carbocycles. The van der Waals surface area contributed by atoms with E-state index >= 15 is 0 Å². The Morgan fingerprint density at radius 1 is 0.617 bits per heavy atom. The van der Waals surface area contributed by atoms with Crippen molar-refractivity contribution in [2.75, 3.05) is 13.2 Å². The molecule has 4 bridgehead atoms. The number of carbonyl (C=O) groups excluding carboxylic acids is 4. The summed E-state index contributed by atoms with van der Waals surface area (Å²) in [5.41, 5.74) is -14.3. The van der Waals surface area contributed by atoms with Gasteiger partial charge in [0.1, 0.15) is 11.2 Å². The number of halogens is 9. The average molecular weight is 703 g/mol. The van der Waals surface area contributed by atoms with Gasteiger partial charge in [0.15, 0.2) is 13.2 Å². The molecule has 0 aromatic rings. The Kier molecular flexibility index (Phi) is 9.57. The lowest BCUT2D eigenvalue weighted by atomic mass is 9.38. The van der Waals surface area contributed by atoms with Gasteiger partial charge in [0, 0.05) is 10.8 Å². The minimum Gasteiger partial charge on any atom is -0.457 e. The predicted octanol–water partition coefficient (Wildman–Crippen LogP) is 4.47. The Labute approximate surface area is 262 Å². The highest BCUT2D eigenvalue weighted by Gasteiger charge is 2.77. The number of ether oxygens (including phenoxy) is 4. The Balaban J connectivity index is 1.74. The van der Waals surface area contributed by atoms with Gasteiger partial charge in [0.25, 0.3) is 5.60 Å². The summed E-state index contributed by atoms with van der Waals surface area (Å²) in [5, 5.41) is 18.6. The van der Waals surface area contributed by atoms with Crippen molar-refractivity contribution in [3.8, 4) is 0 Å². The molecule has 4 aliphatic carbocycles. The summed E-state index contributed by atoms with van der Waals surface area (Å²) in [6.07, 6.45) is -15.5. The van der Waals surface area contributed by atoms with Crippen LogP contribution in [0.25, 0.3) is 0 Å². The van der Waals surface area contributed by atoms with E-state index < -0.39 is 88.9 Å². The topological polar surface area (TPSA) is 146 Å². The van der Waals surface area contributed by atoms with Crippen molar-refractivity contribution in [3.63, 3.8) is 0 Å². The Hall–Kier alpha value is -2.83. The maximum Gasteiger partial charge on any atom is 0.437 e. The van der Waals surface area contributed by atoms with Gasteiger partial charge in [-0.3, -0.25) is 0 Å². The van der Waals surface area contributed by atoms with Crippen LogP contribution >= 0.6 is 0 Å². The molecule has 47 heavy (non-hydrogen) atoms. The molecule has 270 valence electrons. The smallest absolute Gasteiger partial charge is 0.437 e. The van der Waals surface area contributed by atoms with Crippen molar-refractivity contribution in [2.24, 2.45) is 22.7 Å². The van der Waals surface area contributed by atoms with Gasteiger partial charge in [0.2, 0.25) is 0 Å². The van der Waals surface area contributed by atoms with Gasteiger partial charge in [-0.05, 0) is 85.0 Å². The van der Waals surface area contributed by atoms with Crippen LogP contribution < -0.4 is 0 Å². The van der Waals surface area contributed by atoms with Crippen LogP contribution in [0.15, 0.2) is 0 Å². The highest BCUT2D eigenvalue weighted by molar-refractivity contribution is 5.84. The fraction of sp³-hybridized carbons (Fsp3) is 0.857. The van der Waals surface area contributed by atoms with E-state index in [1.54, 1.807) is 13.8 Å². The zero-order valence-corrected chi connectivity index (χ0v) is 25.9. The van der Waals surface area contributed by atoms with Gasteiger partial charge in [-0.1, -0.05) is 0 Å². The largest absolute Gasteiger partial charge is 0.457 e. The normalized spacial score (nSPS) is 27.9. The van der Waals surface area contributed by atoms with Crippen molar-refractivity contribution in [3.05, 3.63) is 0 Å². The number of alkyl halides is 9. The summed E-state index contributed by atoms with van der Waals surface area (Å²) >= 11 is 0. The molecular formula is C28H35F9O10. The zero-order chi connectivity index (χ0) is 36.4. The molecular weight excluding hydrogens is 667 g/mol. The molecule has 0 heterocycles. The Morgan fingerprint density at radius 3 is 1.28 bits per heavy atom. The number of hydrogen-bond acceptors (Lipinski definition) is 10. The predicted molar refractivity (Wildman–Crippen MR) is 136 cm³/mol. The molecule has 0 radical (unpaired) electrons.